The number of sulfone groups is 1. The fraction of sp³-hybridized carbons (Fsp3) is 0.900. The molecule has 6 heteroatoms. The lowest BCUT2D eigenvalue weighted by molar-refractivity contribution is -0.156. The summed E-state index contributed by atoms with van der Waals surface area (Å²) < 4.78 is 22.5. The number of nitrogens with zero attached hydrogens (tertiary/aromatic N) is 1. The largest absolute Gasteiger partial charge is 0.481 e. The quantitative estimate of drug-likeness (QED) is 0.758. The third-order valence-corrected chi connectivity index (χ3v) is 5.34. The zero-order valence-electron chi connectivity index (χ0n) is 9.18. The first-order valence-electron chi connectivity index (χ1n) is 5.60. The Balaban J connectivity index is 1.93. The second-order valence-electron chi connectivity index (χ2n) is 4.87. The first-order valence-corrected chi connectivity index (χ1v) is 7.42. The van der Waals surface area contributed by atoms with E-state index in [1.165, 1.54) is 0 Å². The lowest BCUT2D eigenvalue weighted by atomic mass is 9.68. The fourth-order valence-corrected chi connectivity index (χ4v) is 3.66. The zero-order valence-corrected chi connectivity index (χ0v) is 10.0. The molecular weight excluding hydrogens is 230 g/mol. The van der Waals surface area contributed by atoms with E-state index in [-0.39, 0.29) is 11.5 Å². The average Bonchev–Trinajstić information content (AvgIpc) is 2.13. The number of carboxylic acids is 1. The van der Waals surface area contributed by atoms with Gasteiger partial charge in [0, 0.05) is 19.6 Å². The average molecular weight is 247 g/mol. The lowest BCUT2D eigenvalue weighted by Gasteiger charge is -2.42. The van der Waals surface area contributed by atoms with Crippen molar-refractivity contribution >= 4 is 15.8 Å². The Kier molecular flexibility index (Phi) is 2.96. The predicted octanol–water partition coefficient (Wildman–Crippen LogP) is -0.0283. The summed E-state index contributed by atoms with van der Waals surface area (Å²) in [6.07, 6.45) is 2.43. The molecule has 2 rings (SSSR count). The molecule has 2 fully saturated rings. The van der Waals surface area contributed by atoms with Gasteiger partial charge in [-0.25, -0.2) is 8.42 Å². The Hall–Kier alpha value is -0.620. The van der Waals surface area contributed by atoms with E-state index >= 15 is 0 Å². The Morgan fingerprint density at radius 2 is 1.81 bits per heavy atom. The monoisotopic (exact) mass is 247 g/mol. The molecule has 1 heterocycles. The van der Waals surface area contributed by atoms with Crippen molar-refractivity contribution < 1.29 is 18.3 Å². The molecule has 0 aromatic rings. The molecule has 0 atom stereocenters. The highest BCUT2D eigenvalue weighted by atomic mass is 32.2. The SMILES string of the molecule is O=C(O)C1(CN2CCS(=O)(=O)CC2)CCC1. The van der Waals surface area contributed by atoms with Crippen LogP contribution in [-0.4, -0.2) is 55.5 Å². The molecule has 1 aliphatic carbocycles. The molecule has 0 aromatic carbocycles. The summed E-state index contributed by atoms with van der Waals surface area (Å²) in [5.41, 5.74) is -0.596. The van der Waals surface area contributed by atoms with Gasteiger partial charge >= 0.3 is 5.97 Å². The van der Waals surface area contributed by atoms with Crippen LogP contribution in [0.3, 0.4) is 0 Å². The molecule has 0 spiro atoms. The molecule has 0 aromatic heterocycles. The van der Waals surface area contributed by atoms with Crippen LogP contribution in [0.2, 0.25) is 0 Å². The van der Waals surface area contributed by atoms with Gasteiger partial charge in [0.1, 0.15) is 0 Å². The maximum atomic E-state index is 11.2. The van der Waals surface area contributed by atoms with Crippen LogP contribution in [0.15, 0.2) is 0 Å². The number of hydrogen-bond donors (Lipinski definition) is 1. The van der Waals surface area contributed by atoms with Gasteiger partial charge < -0.3 is 10.0 Å². The minimum absolute atomic E-state index is 0.169. The van der Waals surface area contributed by atoms with Gasteiger partial charge in [-0.05, 0) is 12.8 Å². The Bertz CT molecular complexity index is 372. The van der Waals surface area contributed by atoms with Crippen LogP contribution in [0.5, 0.6) is 0 Å². The van der Waals surface area contributed by atoms with Gasteiger partial charge in [0.05, 0.1) is 16.9 Å². The molecule has 1 saturated carbocycles. The second kappa shape index (κ2) is 4.00. The molecule has 0 unspecified atom stereocenters. The maximum absolute atomic E-state index is 11.2. The van der Waals surface area contributed by atoms with Gasteiger partial charge in [-0.1, -0.05) is 6.42 Å². The molecule has 0 amide bonds. The van der Waals surface area contributed by atoms with E-state index in [0.29, 0.717) is 19.6 Å². The van der Waals surface area contributed by atoms with E-state index in [2.05, 4.69) is 0 Å². The number of hydrogen-bond acceptors (Lipinski definition) is 4. The van der Waals surface area contributed by atoms with Crippen LogP contribution in [0.25, 0.3) is 0 Å². The Morgan fingerprint density at radius 1 is 1.25 bits per heavy atom. The summed E-state index contributed by atoms with van der Waals surface area (Å²) in [5, 5.41) is 9.17. The third-order valence-electron chi connectivity index (χ3n) is 3.73. The van der Waals surface area contributed by atoms with Gasteiger partial charge in [0.15, 0.2) is 9.84 Å². The summed E-state index contributed by atoms with van der Waals surface area (Å²) in [4.78, 5) is 13.1. The van der Waals surface area contributed by atoms with Gasteiger partial charge in [-0.15, -0.1) is 0 Å². The van der Waals surface area contributed by atoms with Crippen molar-refractivity contribution in [2.24, 2.45) is 5.41 Å². The molecule has 1 aliphatic heterocycles. The molecule has 2 aliphatic rings. The second-order valence-corrected chi connectivity index (χ2v) is 7.17. The van der Waals surface area contributed by atoms with Crippen molar-refractivity contribution in [3.8, 4) is 0 Å². The smallest absolute Gasteiger partial charge is 0.310 e. The first kappa shape index (κ1) is 11.9. The van der Waals surface area contributed by atoms with E-state index < -0.39 is 21.2 Å². The highest BCUT2D eigenvalue weighted by molar-refractivity contribution is 7.91. The molecule has 92 valence electrons. The number of rotatable bonds is 3. The van der Waals surface area contributed by atoms with Crippen LogP contribution in [-0.2, 0) is 14.6 Å². The fourth-order valence-electron chi connectivity index (χ4n) is 2.38. The highest BCUT2D eigenvalue weighted by Crippen LogP contribution is 2.41. The summed E-state index contributed by atoms with van der Waals surface area (Å²) in [6.45, 7) is 1.48. The standard InChI is InChI=1S/C10H17NO4S/c12-9(13)10(2-1-3-10)8-11-4-6-16(14,15)7-5-11/h1-8H2,(H,12,13). The zero-order chi connectivity index (χ0) is 11.8. The summed E-state index contributed by atoms with van der Waals surface area (Å²) in [7, 11) is -2.87. The van der Waals surface area contributed by atoms with E-state index in [9.17, 15) is 18.3 Å². The van der Waals surface area contributed by atoms with Gasteiger partial charge in [-0.3, -0.25) is 4.79 Å². The van der Waals surface area contributed by atoms with Crippen molar-refractivity contribution in [2.45, 2.75) is 19.3 Å². The molecule has 0 radical (unpaired) electrons. The van der Waals surface area contributed by atoms with Crippen molar-refractivity contribution in [2.75, 3.05) is 31.1 Å². The van der Waals surface area contributed by atoms with Crippen molar-refractivity contribution in [3.63, 3.8) is 0 Å². The highest BCUT2D eigenvalue weighted by Gasteiger charge is 2.45. The van der Waals surface area contributed by atoms with Crippen LogP contribution in [0.1, 0.15) is 19.3 Å². The Morgan fingerprint density at radius 3 is 2.19 bits per heavy atom. The maximum Gasteiger partial charge on any atom is 0.310 e. The number of aliphatic carboxylic acids is 1. The first-order chi connectivity index (χ1) is 7.44. The van der Waals surface area contributed by atoms with E-state index in [4.69, 9.17) is 0 Å². The van der Waals surface area contributed by atoms with Crippen LogP contribution in [0, 0.1) is 5.41 Å². The number of carbonyl (C=O) groups is 1. The summed E-state index contributed by atoms with van der Waals surface area (Å²) in [6, 6.07) is 0. The molecule has 5 nitrogen and oxygen atoms in total. The molecule has 0 bridgehead atoms. The number of carboxylic acid groups (broad SMARTS) is 1. The van der Waals surface area contributed by atoms with Crippen LogP contribution >= 0.6 is 0 Å². The van der Waals surface area contributed by atoms with E-state index in [0.717, 1.165) is 19.3 Å². The van der Waals surface area contributed by atoms with Crippen molar-refractivity contribution in [1.82, 2.24) is 4.90 Å². The lowest BCUT2D eigenvalue weighted by Crippen LogP contribution is -2.51. The summed E-state index contributed by atoms with van der Waals surface area (Å²) >= 11 is 0. The minimum Gasteiger partial charge on any atom is -0.481 e. The molecule has 1 saturated heterocycles. The molecule has 16 heavy (non-hydrogen) atoms. The predicted molar refractivity (Wildman–Crippen MR) is 59.0 cm³/mol. The van der Waals surface area contributed by atoms with E-state index in [1.807, 2.05) is 4.90 Å². The van der Waals surface area contributed by atoms with Crippen LogP contribution in [0.4, 0.5) is 0 Å². The minimum atomic E-state index is -2.87. The van der Waals surface area contributed by atoms with Crippen molar-refractivity contribution in [1.29, 1.82) is 0 Å². The summed E-state index contributed by atoms with van der Waals surface area (Å²) in [5.74, 6) is -0.391. The third kappa shape index (κ3) is 2.22. The van der Waals surface area contributed by atoms with E-state index in [1.54, 1.807) is 0 Å². The van der Waals surface area contributed by atoms with Gasteiger partial charge in [0.2, 0.25) is 0 Å². The Labute approximate surface area is 95.4 Å². The van der Waals surface area contributed by atoms with Gasteiger partial charge in [0.25, 0.3) is 0 Å². The normalized spacial score (nSPS) is 28.2. The molecular formula is C10H17NO4S. The molecule has 1 N–H and O–H groups in total. The van der Waals surface area contributed by atoms with Crippen molar-refractivity contribution in [3.05, 3.63) is 0 Å². The van der Waals surface area contributed by atoms with Gasteiger partial charge in [-0.2, -0.15) is 0 Å². The van der Waals surface area contributed by atoms with Crippen LogP contribution < -0.4 is 0 Å². The topological polar surface area (TPSA) is 74.7 Å².